The van der Waals surface area contributed by atoms with Gasteiger partial charge in [0.25, 0.3) is 0 Å². The van der Waals surface area contributed by atoms with Gasteiger partial charge in [-0.1, -0.05) is 56.0 Å². The molecule has 0 aromatic heterocycles. The van der Waals surface area contributed by atoms with E-state index >= 15 is 0 Å². The topological polar surface area (TPSA) is 159 Å². The number of hydrogen-bond donors (Lipinski definition) is 3. The predicted octanol–water partition coefficient (Wildman–Crippen LogP) is 1.91. The highest BCUT2D eigenvalue weighted by atomic mass is 16.6. The highest BCUT2D eigenvalue weighted by Gasteiger charge is 2.22. The lowest BCUT2D eigenvalue weighted by molar-refractivity contribution is -0.129. The van der Waals surface area contributed by atoms with Crippen LogP contribution in [0.4, 0.5) is 5.69 Å². The highest BCUT2D eigenvalue weighted by molar-refractivity contribution is 5.97. The number of primary amides is 1. The van der Waals surface area contributed by atoms with Gasteiger partial charge in [-0.3, -0.25) is 19.2 Å². The molecule has 3 rings (SSSR count). The van der Waals surface area contributed by atoms with Gasteiger partial charge in [0, 0.05) is 36.9 Å². The minimum absolute atomic E-state index is 0.0734. The molecule has 12 heteroatoms. The third-order valence-electron chi connectivity index (χ3n) is 7.19. The Labute approximate surface area is 276 Å². The summed E-state index contributed by atoms with van der Waals surface area (Å²) in [6.07, 6.45) is 0.278. The number of para-hydroxylation sites is 1. The summed E-state index contributed by atoms with van der Waals surface area (Å²) in [6, 6.07) is 14.6. The van der Waals surface area contributed by atoms with Crippen LogP contribution in [0.2, 0.25) is 0 Å². The smallest absolute Gasteiger partial charge is 0.240 e. The largest absolute Gasteiger partial charge is 0.379 e. The van der Waals surface area contributed by atoms with Crippen LogP contribution in [0.5, 0.6) is 0 Å². The van der Waals surface area contributed by atoms with Crippen LogP contribution in [0.25, 0.3) is 0 Å². The van der Waals surface area contributed by atoms with Crippen LogP contribution in [0.1, 0.15) is 49.8 Å². The van der Waals surface area contributed by atoms with Crippen LogP contribution in [0, 0.1) is 17.8 Å². The van der Waals surface area contributed by atoms with Gasteiger partial charge < -0.3 is 40.2 Å². The number of ether oxygens (including phenoxy) is 4. The molecule has 0 radical (unpaired) electrons. The Morgan fingerprint density at radius 2 is 1.32 bits per heavy atom. The van der Waals surface area contributed by atoms with Crippen LogP contribution in [0.15, 0.2) is 48.5 Å². The van der Waals surface area contributed by atoms with Crippen LogP contribution >= 0.6 is 0 Å². The second kappa shape index (κ2) is 20.8. The van der Waals surface area contributed by atoms with Gasteiger partial charge in [0.1, 0.15) is 6.04 Å². The fraction of sp³-hybridized carbons (Fsp3) is 0.486. The molecule has 0 aliphatic carbocycles. The second-order valence-corrected chi connectivity index (χ2v) is 11.1. The fourth-order valence-corrected chi connectivity index (χ4v) is 4.65. The van der Waals surface area contributed by atoms with Crippen molar-refractivity contribution in [1.29, 1.82) is 0 Å². The first-order chi connectivity index (χ1) is 22.8. The van der Waals surface area contributed by atoms with Gasteiger partial charge in [0.15, 0.2) is 0 Å². The standard InChI is InChI=1S/C35H46N4O8/c1-26(2)34(35(36)43)38-32(41)15-17-44-19-21-46-23-24-47-22-20-45-18-16-37-31(40)13-14-33(42)39-25-29-9-4-3-7-27(29)11-12-28-8-5-6-10-30(28)39/h3-10,26,34H,13-25H2,1-2H3,(H2,36,43)(H,37,40)(H,38,41)/t34-/m0/s1. The first-order valence-corrected chi connectivity index (χ1v) is 15.9. The SMILES string of the molecule is CC(C)[C@H](NC(=O)CCOCCOCCOCCOCCNC(=O)CCC(=O)N1Cc2ccccc2C#Cc2ccccc21)C(N)=O. The van der Waals surface area contributed by atoms with Gasteiger partial charge in [0.05, 0.1) is 65.1 Å². The molecule has 0 unspecified atom stereocenters. The van der Waals surface area contributed by atoms with Gasteiger partial charge >= 0.3 is 0 Å². The Kier molecular flexibility index (Phi) is 16.4. The lowest BCUT2D eigenvalue weighted by atomic mass is 10.0. The third-order valence-corrected chi connectivity index (χ3v) is 7.19. The van der Waals surface area contributed by atoms with Crippen molar-refractivity contribution in [2.24, 2.45) is 11.7 Å². The van der Waals surface area contributed by atoms with Gasteiger partial charge in [-0.2, -0.15) is 0 Å². The maximum Gasteiger partial charge on any atom is 0.240 e. The van der Waals surface area contributed by atoms with Crippen molar-refractivity contribution in [2.75, 3.05) is 64.3 Å². The van der Waals surface area contributed by atoms with Crippen molar-refractivity contribution >= 4 is 29.3 Å². The predicted molar refractivity (Wildman–Crippen MR) is 176 cm³/mol. The molecule has 2 aromatic rings. The number of nitrogens with two attached hydrogens (primary N) is 1. The van der Waals surface area contributed by atoms with Gasteiger partial charge in [-0.25, -0.2) is 0 Å². The van der Waals surface area contributed by atoms with E-state index in [1.807, 2.05) is 62.4 Å². The first-order valence-electron chi connectivity index (χ1n) is 15.9. The third kappa shape index (κ3) is 13.5. The van der Waals surface area contributed by atoms with E-state index in [1.165, 1.54) is 0 Å². The van der Waals surface area contributed by atoms with Gasteiger partial charge in [-0.15, -0.1) is 0 Å². The molecule has 1 aliphatic rings. The van der Waals surface area contributed by atoms with Crippen LogP contribution < -0.4 is 21.3 Å². The molecule has 0 spiro atoms. The van der Waals surface area contributed by atoms with Crippen molar-refractivity contribution in [3.05, 3.63) is 65.2 Å². The van der Waals surface area contributed by atoms with E-state index in [9.17, 15) is 19.2 Å². The fourth-order valence-electron chi connectivity index (χ4n) is 4.65. The number of benzene rings is 2. The Morgan fingerprint density at radius 3 is 1.98 bits per heavy atom. The van der Waals surface area contributed by atoms with E-state index < -0.39 is 11.9 Å². The molecule has 1 atom stereocenters. The monoisotopic (exact) mass is 650 g/mol. The Hall–Kier alpha value is -4.28. The summed E-state index contributed by atoms with van der Waals surface area (Å²) < 4.78 is 21.8. The Balaban J connectivity index is 1.17. The Morgan fingerprint density at radius 1 is 0.745 bits per heavy atom. The summed E-state index contributed by atoms with van der Waals surface area (Å²) in [7, 11) is 0. The number of carbonyl (C=O) groups is 4. The molecule has 0 bridgehead atoms. The lowest BCUT2D eigenvalue weighted by Crippen LogP contribution is -2.47. The zero-order chi connectivity index (χ0) is 33.9. The average molecular weight is 651 g/mol. The molecule has 2 aromatic carbocycles. The second-order valence-electron chi connectivity index (χ2n) is 11.1. The lowest BCUT2D eigenvalue weighted by Gasteiger charge is -2.26. The quantitative estimate of drug-likeness (QED) is 0.137. The molecule has 4 N–H and O–H groups in total. The molecule has 0 fully saturated rings. The maximum atomic E-state index is 13.2. The van der Waals surface area contributed by atoms with Crippen LogP contribution in [-0.4, -0.2) is 89.1 Å². The molecular formula is C35H46N4O8. The number of carbonyl (C=O) groups excluding carboxylic acids is 4. The number of fused-ring (bicyclic) bond motifs is 2. The van der Waals surface area contributed by atoms with E-state index in [2.05, 4.69) is 22.5 Å². The number of amides is 4. The van der Waals surface area contributed by atoms with E-state index in [-0.39, 0.29) is 49.5 Å². The minimum Gasteiger partial charge on any atom is -0.379 e. The van der Waals surface area contributed by atoms with Crippen molar-refractivity contribution < 1.29 is 38.1 Å². The van der Waals surface area contributed by atoms with Crippen LogP contribution in [-0.2, 0) is 44.7 Å². The zero-order valence-electron chi connectivity index (χ0n) is 27.3. The van der Waals surface area contributed by atoms with Crippen molar-refractivity contribution in [1.82, 2.24) is 10.6 Å². The van der Waals surface area contributed by atoms with E-state index in [0.717, 1.165) is 22.4 Å². The molecular weight excluding hydrogens is 604 g/mol. The number of anilines is 1. The zero-order valence-corrected chi connectivity index (χ0v) is 27.3. The molecule has 1 aliphatic heterocycles. The Bertz CT molecular complexity index is 1390. The van der Waals surface area contributed by atoms with E-state index in [4.69, 9.17) is 24.7 Å². The molecule has 0 saturated carbocycles. The molecule has 1 heterocycles. The van der Waals surface area contributed by atoms with Gasteiger partial charge in [0.2, 0.25) is 23.6 Å². The summed E-state index contributed by atoms with van der Waals surface area (Å²) >= 11 is 0. The normalized spacial score (nSPS) is 12.5. The highest BCUT2D eigenvalue weighted by Crippen LogP contribution is 2.26. The summed E-state index contributed by atoms with van der Waals surface area (Å²) in [5, 5.41) is 5.40. The average Bonchev–Trinajstić information content (AvgIpc) is 3.05. The summed E-state index contributed by atoms with van der Waals surface area (Å²) in [5.74, 6) is 5.09. The number of nitrogens with one attached hydrogen (secondary N) is 2. The van der Waals surface area contributed by atoms with Crippen molar-refractivity contribution in [3.63, 3.8) is 0 Å². The summed E-state index contributed by atoms with van der Waals surface area (Å²) in [6.45, 7) is 7.08. The minimum atomic E-state index is -0.693. The van der Waals surface area contributed by atoms with E-state index in [1.54, 1.807) is 4.90 Å². The van der Waals surface area contributed by atoms with Gasteiger partial charge in [-0.05, 0) is 29.7 Å². The van der Waals surface area contributed by atoms with Crippen molar-refractivity contribution in [2.45, 2.75) is 45.7 Å². The molecule has 254 valence electrons. The molecule has 0 saturated heterocycles. The van der Waals surface area contributed by atoms with E-state index in [0.29, 0.717) is 59.3 Å². The number of nitrogens with zero attached hydrogens (tertiary/aromatic N) is 1. The molecule has 4 amide bonds. The van der Waals surface area contributed by atoms with Crippen molar-refractivity contribution in [3.8, 4) is 11.8 Å². The summed E-state index contributed by atoms with van der Waals surface area (Å²) in [5.41, 5.74) is 8.66. The number of rotatable bonds is 21. The molecule has 47 heavy (non-hydrogen) atoms. The first kappa shape index (κ1) is 37.2. The maximum absolute atomic E-state index is 13.2. The van der Waals surface area contributed by atoms with Crippen LogP contribution in [0.3, 0.4) is 0 Å². The molecule has 12 nitrogen and oxygen atoms in total. The number of hydrogen-bond acceptors (Lipinski definition) is 8. The summed E-state index contributed by atoms with van der Waals surface area (Å²) in [4.78, 5) is 50.6.